The Labute approximate surface area is 174 Å². The van der Waals surface area contributed by atoms with Crippen LogP contribution in [0.5, 0.6) is 0 Å². The van der Waals surface area contributed by atoms with E-state index in [-0.39, 0.29) is 29.7 Å². The maximum absolute atomic E-state index is 14.9. The Morgan fingerprint density at radius 3 is 2.40 bits per heavy atom. The van der Waals surface area contributed by atoms with E-state index in [1.807, 2.05) is 13.8 Å². The van der Waals surface area contributed by atoms with Crippen molar-refractivity contribution in [1.82, 2.24) is 0 Å². The van der Waals surface area contributed by atoms with Gasteiger partial charge in [-0.25, -0.2) is 8.78 Å². The Hall–Kier alpha value is -2.34. The molecule has 0 amide bonds. The Kier molecular flexibility index (Phi) is 7.19. The fourth-order valence-electron chi connectivity index (χ4n) is 3.51. The number of hydrogen-bond donors (Lipinski definition) is 0. The highest BCUT2D eigenvalue weighted by Crippen LogP contribution is 2.42. The van der Waals surface area contributed by atoms with Gasteiger partial charge in [0, 0.05) is 13.0 Å². The van der Waals surface area contributed by atoms with Crippen LogP contribution in [0.4, 0.5) is 17.6 Å². The van der Waals surface area contributed by atoms with Crippen molar-refractivity contribution < 1.29 is 27.0 Å². The van der Waals surface area contributed by atoms with Crippen LogP contribution in [0.25, 0.3) is 6.08 Å². The highest BCUT2D eigenvalue weighted by atomic mass is 19.3. The second kappa shape index (κ2) is 9.65. The summed E-state index contributed by atoms with van der Waals surface area (Å²) >= 11 is 0. The number of aryl methyl sites for hydroxylation is 2. The molecule has 1 aliphatic rings. The van der Waals surface area contributed by atoms with Gasteiger partial charge in [-0.3, -0.25) is 0 Å². The summed E-state index contributed by atoms with van der Waals surface area (Å²) in [7, 11) is 0. The van der Waals surface area contributed by atoms with Gasteiger partial charge in [-0.2, -0.15) is 8.78 Å². The molecule has 0 bridgehead atoms. The van der Waals surface area contributed by atoms with E-state index in [2.05, 4.69) is 0 Å². The number of hydrogen-bond acceptors (Lipinski definition) is 2. The van der Waals surface area contributed by atoms with Gasteiger partial charge >= 0.3 is 6.11 Å². The van der Waals surface area contributed by atoms with E-state index in [0.29, 0.717) is 37.2 Å². The highest BCUT2D eigenvalue weighted by molar-refractivity contribution is 5.60. The van der Waals surface area contributed by atoms with Crippen molar-refractivity contribution in [3.05, 3.63) is 75.5 Å². The molecule has 2 nitrogen and oxygen atoms in total. The third kappa shape index (κ3) is 5.04. The van der Waals surface area contributed by atoms with Crippen molar-refractivity contribution >= 4 is 6.08 Å². The predicted octanol–water partition coefficient (Wildman–Crippen LogP) is 6.90. The van der Waals surface area contributed by atoms with Crippen molar-refractivity contribution in [2.45, 2.75) is 58.7 Å². The van der Waals surface area contributed by atoms with Gasteiger partial charge in [-0.1, -0.05) is 37.6 Å². The van der Waals surface area contributed by atoms with Crippen molar-refractivity contribution in [2.75, 3.05) is 6.61 Å². The van der Waals surface area contributed by atoms with Gasteiger partial charge in [0.15, 0.2) is 0 Å². The van der Waals surface area contributed by atoms with Crippen molar-refractivity contribution in [3.63, 3.8) is 0 Å². The summed E-state index contributed by atoms with van der Waals surface area (Å²) < 4.78 is 68.3. The third-order valence-corrected chi connectivity index (χ3v) is 5.15. The SMILES string of the molecule is CCCCC1=Cc2ccc(CCc3ccc(COCC)cc3F)c(F)c2C(F)(F)O1. The van der Waals surface area contributed by atoms with E-state index < -0.39 is 23.3 Å². The lowest BCUT2D eigenvalue weighted by molar-refractivity contribution is -0.228. The monoisotopic (exact) mass is 422 g/mol. The molecular formula is C24H26F4O2. The number of alkyl halides is 2. The minimum Gasteiger partial charge on any atom is -0.433 e. The lowest BCUT2D eigenvalue weighted by Crippen LogP contribution is -2.25. The Balaban J connectivity index is 1.78. The molecule has 1 heterocycles. The molecule has 0 atom stereocenters. The summed E-state index contributed by atoms with van der Waals surface area (Å²) in [5.74, 6) is -1.24. The van der Waals surface area contributed by atoms with Crippen molar-refractivity contribution in [3.8, 4) is 0 Å². The number of fused-ring (bicyclic) bond motifs is 1. The minimum absolute atomic E-state index is 0.101. The van der Waals surface area contributed by atoms with E-state index in [1.165, 1.54) is 24.3 Å². The van der Waals surface area contributed by atoms with Gasteiger partial charge in [0.05, 0.1) is 6.61 Å². The molecular weight excluding hydrogens is 396 g/mol. The van der Waals surface area contributed by atoms with Crippen LogP contribution < -0.4 is 0 Å². The van der Waals surface area contributed by atoms with Crippen molar-refractivity contribution in [1.29, 1.82) is 0 Å². The molecule has 0 saturated carbocycles. The quantitative estimate of drug-likeness (QED) is 0.409. The fourth-order valence-corrected chi connectivity index (χ4v) is 3.51. The first-order chi connectivity index (χ1) is 14.4. The Morgan fingerprint density at radius 2 is 1.70 bits per heavy atom. The van der Waals surface area contributed by atoms with Gasteiger partial charge < -0.3 is 9.47 Å². The van der Waals surface area contributed by atoms with Crippen LogP contribution in [-0.4, -0.2) is 6.61 Å². The molecule has 0 radical (unpaired) electrons. The fraction of sp³-hybridized carbons (Fsp3) is 0.417. The molecule has 2 aromatic rings. The van der Waals surface area contributed by atoms with Gasteiger partial charge in [-0.05, 0) is 60.6 Å². The Bertz CT molecular complexity index is 922. The molecule has 0 aliphatic carbocycles. The zero-order chi connectivity index (χ0) is 21.7. The Morgan fingerprint density at radius 1 is 0.967 bits per heavy atom. The minimum atomic E-state index is -3.72. The molecule has 0 saturated heterocycles. The summed E-state index contributed by atoms with van der Waals surface area (Å²) in [6.45, 7) is 4.66. The van der Waals surface area contributed by atoms with Crippen LogP contribution >= 0.6 is 0 Å². The van der Waals surface area contributed by atoms with Crippen LogP contribution in [0, 0.1) is 11.6 Å². The number of ether oxygens (including phenoxy) is 2. The molecule has 30 heavy (non-hydrogen) atoms. The molecule has 0 unspecified atom stereocenters. The highest BCUT2D eigenvalue weighted by Gasteiger charge is 2.43. The van der Waals surface area contributed by atoms with Gasteiger partial charge in [0.2, 0.25) is 0 Å². The number of rotatable bonds is 9. The maximum atomic E-state index is 14.9. The van der Waals surface area contributed by atoms with Crippen LogP contribution in [0.1, 0.15) is 60.9 Å². The molecule has 0 N–H and O–H groups in total. The van der Waals surface area contributed by atoms with Gasteiger partial charge in [-0.15, -0.1) is 0 Å². The van der Waals surface area contributed by atoms with Crippen LogP contribution in [0.2, 0.25) is 0 Å². The zero-order valence-corrected chi connectivity index (χ0v) is 17.2. The average molecular weight is 422 g/mol. The summed E-state index contributed by atoms with van der Waals surface area (Å²) in [5.41, 5.74) is 0.607. The molecule has 2 aromatic carbocycles. The van der Waals surface area contributed by atoms with Gasteiger partial charge in [0.1, 0.15) is 23.0 Å². The molecule has 1 aliphatic heterocycles. The number of allylic oxidation sites excluding steroid dienone is 1. The molecule has 3 rings (SSSR count). The summed E-state index contributed by atoms with van der Waals surface area (Å²) in [6, 6.07) is 7.74. The van der Waals surface area contributed by atoms with Crippen molar-refractivity contribution in [2.24, 2.45) is 0 Å². The van der Waals surface area contributed by atoms with E-state index in [4.69, 9.17) is 9.47 Å². The van der Waals surface area contributed by atoms with E-state index >= 15 is 0 Å². The van der Waals surface area contributed by atoms with E-state index in [0.717, 1.165) is 6.42 Å². The van der Waals surface area contributed by atoms with Crippen LogP contribution in [-0.2, 0) is 35.0 Å². The molecule has 0 spiro atoms. The second-order valence-electron chi connectivity index (χ2n) is 7.40. The summed E-state index contributed by atoms with van der Waals surface area (Å²) in [5, 5.41) is 0. The largest absolute Gasteiger partial charge is 0.433 e. The smallest absolute Gasteiger partial charge is 0.429 e. The second-order valence-corrected chi connectivity index (χ2v) is 7.40. The number of benzene rings is 2. The first-order valence-corrected chi connectivity index (χ1v) is 10.3. The first kappa shape index (κ1) is 22.3. The molecule has 162 valence electrons. The molecule has 0 fully saturated rings. The van der Waals surface area contributed by atoms with Crippen LogP contribution in [0.3, 0.4) is 0 Å². The lowest BCUT2D eigenvalue weighted by Gasteiger charge is -2.27. The number of unbranched alkanes of at least 4 members (excludes halogenated alkanes) is 1. The predicted molar refractivity (Wildman–Crippen MR) is 108 cm³/mol. The van der Waals surface area contributed by atoms with E-state index in [9.17, 15) is 17.6 Å². The maximum Gasteiger partial charge on any atom is 0.429 e. The third-order valence-electron chi connectivity index (χ3n) is 5.15. The standard InChI is InChI=1S/C24H26F4O2/c1-3-5-6-20-14-19-12-11-18(23(26)22(19)24(27,28)30-20)10-9-17-8-7-16(13-21(17)25)15-29-4-2/h7-8,11-14H,3-6,9-10,15H2,1-2H3. The molecule has 0 aromatic heterocycles. The van der Waals surface area contributed by atoms with E-state index in [1.54, 1.807) is 12.1 Å². The van der Waals surface area contributed by atoms with Gasteiger partial charge in [0.25, 0.3) is 0 Å². The number of halogens is 4. The topological polar surface area (TPSA) is 18.5 Å². The zero-order valence-electron chi connectivity index (χ0n) is 17.2. The van der Waals surface area contributed by atoms with Crippen LogP contribution in [0.15, 0.2) is 36.1 Å². The summed E-state index contributed by atoms with van der Waals surface area (Å²) in [6.07, 6.45) is -0.00887. The lowest BCUT2D eigenvalue weighted by atomic mass is 9.95. The first-order valence-electron chi connectivity index (χ1n) is 10.3. The normalized spacial score (nSPS) is 14.8. The average Bonchev–Trinajstić information content (AvgIpc) is 2.70. The molecule has 6 heteroatoms. The summed E-state index contributed by atoms with van der Waals surface area (Å²) in [4.78, 5) is 0.